The second-order valence-corrected chi connectivity index (χ2v) is 6.25. The largest absolute Gasteiger partial charge is 0.497 e. The first-order valence-corrected chi connectivity index (χ1v) is 9.13. The second-order valence-electron chi connectivity index (χ2n) is 6.25. The zero-order valence-electron chi connectivity index (χ0n) is 16.4. The monoisotopic (exact) mass is 397 g/mol. The molecule has 3 aromatic rings. The molecule has 0 spiro atoms. The first kappa shape index (κ1) is 20.3. The van der Waals surface area contributed by atoms with Gasteiger partial charge in [-0.3, -0.25) is 9.59 Å². The molecule has 0 unspecified atom stereocenters. The summed E-state index contributed by atoms with van der Waals surface area (Å²) < 4.78 is 17.0. The summed E-state index contributed by atoms with van der Waals surface area (Å²) in [5.74, 6) is 0.988. The molecule has 2 aromatic carbocycles. The first-order valence-electron chi connectivity index (χ1n) is 9.13. The van der Waals surface area contributed by atoms with E-state index in [2.05, 4.69) is 10.4 Å². The van der Waals surface area contributed by atoms with Crippen molar-refractivity contribution in [3.05, 3.63) is 64.6 Å². The van der Waals surface area contributed by atoms with Gasteiger partial charge in [0.15, 0.2) is 6.61 Å². The third kappa shape index (κ3) is 5.11. The molecule has 1 amide bonds. The fourth-order valence-electron chi connectivity index (χ4n) is 2.82. The van der Waals surface area contributed by atoms with Gasteiger partial charge < -0.3 is 19.5 Å². The summed E-state index contributed by atoms with van der Waals surface area (Å²) in [6.07, 6.45) is 0. The number of aromatic nitrogens is 2. The van der Waals surface area contributed by atoms with Crippen molar-refractivity contribution in [1.82, 2.24) is 15.1 Å². The molecule has 8 heteroatoms. The van der Waals surface area contributed by atoms with Crippen molar-refractivity contribution in [3.63, 3.8) is 0 Å². The standard InChI is InChI=1S/C21H23N3O5/c1-27-12-11-24-21(26)18-6-4-3-5-17(18)19(23-24)13-22-20(25)14-29-16-9-7-15(28-2)8-10-16/h3-10H,11-14H2,1-2H3,(H,22,25). The molecule has 3 rings (SSSR count). The smallest absolute Gasteiger partial charge is 0.274 e. The lowest BCUT2D eigenvalue weighted by Gasteiger charge is -2.12. The van der Waals surface area contributed by atoms with Gasteiger partial charge in [-0.1, -0.05) is 18.2 Å². The van der Waals surface area contributed by atoms with Crippen molar-refractivity contribution < 1.29 is 19.0 Å². The van der Waals surface area contributed by atoms with Gasteiger partial charge >= 0.3 is 0 Å². The van der Waals surface area contributed by atoms with Gasteiger partial charge in [0.05, 0.1) is 37.9 Å². The molecule has 1 N–H and O–H groups in total. The average molecular weight is 397 g/mol. The van der Waals surface area contributed by atoms with Gasteiger partial charge in [0.1, 0.15) is 11.5 Å². The minimum Gasteiger partial charge on any atom is -0.497 e. The quantitative estimate of drug-likeness (QED) is 0.591. The van der Waals surface area contributed by atoms with Crippen molar-refractivity contribution in [2.75, 3.05) is 27.4 Å². The van der Waals surface area contributed by atoms with E-state index in [-0.39, 0.29) is 24.6 Å². The molecule has 0 bridgehead atoms. The minimum absolute atomic E-state index is 0.131. The predicted molar refractivity (Wildman–Crippen MR) is 108 cm³/mol. The van der Waals surface area contributed by atoms with Crippen LogP contribution < -0.4 is 20.3 Å². The van der Waals surface area contributed by atoms with Crippen LogP contribution in [0.4, 0.5) is 0 Å². The van der Waals surface area contributed by atoms with Gasteiger partial charge in [-0.25, -0.2) is 4.68 Å². The number of methoxy groups -OCH3 is 2. The van der Waals surface area contributed by atoms with Crippen LogP contribution in [-0.2, 0) is 22.6 Å². The number of fused-ring (bicyclic) bond motifs is 1. The highest BCUT2D eigenvalue weighted by molar-refractivity contribution is 5.84. The van der Waals surface area contributed by atoms with E-state index >= 15 is 0 Å². The molecule has 0 aliphatic heterocycles. The van der Waals surface area contributed by atoms with Crippen LogP contribution in [0.3, 0.4) is 0 Å². The molecule has 0 atom stereocenters. The van der Waals surface area contributed by atoms with Crippen LogP contribution in [0.5, 0.6) is 11.5 Å². The molecular weight excluding hydrogens is 374 g/mol. The van der Waals surface area contributed by atoms with Gasteiger partial charge in [-0.2, -0.15) is 5.10 Å². The number of amides is 1. The fraction of sp³-hybridized carbons (Fsp3) is 0.286. The normalized spacial score (nSPS) is 10.7. The highest BCUT2D eigenvalue weighted by Crippen LogP contribution is 2.17. The van der Waals surface area contributed by atoms with E-state index in [1.165, 1.54) is 4.68 Å². The maximum atomic E-state index is 12.6. The number of carbonyl (C=O) groups excluding carboxylic acids is 1. The zero-order valence-corrected chi connectivity index (χ0v) is 16.4. The van der Waals surface area contributed by atoms with Crippen molar-refractivity contribution in [1.29, 1.82) is 0 Å². The van der Waals surface area contributed by atoms with Gasteiger partial charge in [0.25, 0.3) is 11.5 Å². The van der Waals surface area contributed by atoms with Gasteiger partial charge in [-0.15, -0.1) is 0 Å². The molecule has 8 nitrogen and oxygen atoms in total. The van der Waals surface area contributed by atoms with Crippen LogP contribution in [0.2, 0.25) is 0 Å². The third-order valence-electron chi connectivity index (χ3n) is 4.33. The van der Waals surface area contributed by atoms with Gasteiger partial charge in [0, 0.05) is 12.5 Å². The Hall–Kier alpha value is -3.39. The number of rotatable bonds is 9. The zero-order chi connectivity index (χ0) is 20.6. The van der Waals surface area contributed by atoms with E-state index in [9.17, 15) is 9.59 Å². The summed E-state index contributed by atoms with van der Waals surface area (Å²) in [7, 11) is 3.15. The van der Waals surface area contributed by atoms with Crippen LogP contribution in [-0.4, -0.2) is 43.1 Å². The number of hydrogen-bond acceptors (Lipinski definition) is 6. The van der Waals surface area contributed by atoms with Crippen LogP contribution >= 0.6 is 0 Å². The van der Waals surface area contributed by atoms with Gasteiger partial charge in [-0.05, 0) is 30.3 Å². The number of hydrogen-bond donors (Lipinski definition) is 1. The number of nitrogens with one attached hydrogen (secondary N) is 1. The Labute approximate surface area is 168 Å². The first-order chi connectivity index (χ1) is 14.1. The van der Waals surface area contributed by atoms with Gasteiger partial charge in [0.2, 0.25) is 0 Å². The molecule has 0 radical (unpaired) electrons. The van der Waals surface area contributed by atoms with E-state index in [0.29, 0.717) is 41.1 Å². The Morgan fingerprint density at radius 1 is 1.03 bits per heavy atom. The Morgan fingerprint density at radius 2 is 1.72 bits per heavy atom. The fourth-order valence-corrected chi connectivity index (χ4v) is 2.82. The molecule has 0 saturated carbocycles. The second kappa shape index (κ2) is 9.70. The summed E-state index contributed by atoms with van der Waals surface area (Å²) >= 11 is 0. The number of nitrogens with zero attached hydrogens (tertiary/aromatic N) is 2. The highest BCUT2D eigenvalue weighted by atomic mass is 16.5. The van der Waals surface area contributed by atoms with E-state index < -0.39 is 0 Å². The third-order valence-corrected chi connectivity index (χ3v) is 4.33. The Bertz CT molecular complexity index is 1030. The van der Waals surface area contributed by atoms with Crippen molar-refractivity contribution >= 4 is 16.7 Å². The molecule has 0 aliphatic carbocycles. The molecule has 152 valence electrons. The van der Waals surface area contributed by atoms with E-state index in [1.54, 1.807) is 50.6 Å². The molecule has 0 saturated heterocycles. The van der Waals surface area contributed by atoms with E-state index in [0.717, 1.165) is 0 Å². The molecule has 0 fully saturated rings. The highest BCUT2D eigenvalue weighted by Gasteiger charge is 2.11. The van der Waals surface area contributed by atoms with E-state index in [1.807, 2.05) is 12.1 Å². The van der Waals surface area contributed by atoms with Crippen LogP contribution in [0.1, 0.15) is 5.69 Å². The lowest BCUT2D eigenvalue weighted by Crippen LogP contribution is -2.31. The summed E-state index contributed by atoms with van der Waals surface area (Å²) in [6, 6.07) is 14.2. The van der Waals surface area contributed by atoms with Crippen LogP contribution in [0, 0.1) is 0 Å². The molecule has 1 heterocycles. The lowest BCUT2D eigenvalue weighted by molar-refractivity contribution is -0.123. The molecule has 0 aliphatic rings. The topological polar surface area (TPSA) is 91.7 Å². The van der Waals surface area contributed by atoms with Crippen LogP contribution in [0.25, 0.3) is 10.8 Å². The number of benzene rings is 2. The van der Waals surface area contributed by atoms with Crippen LogP contribution in [0.15, 0.2) is 53.3 Å². The summed E-state index contributed by atoms with van der Waals surface area (Å²) in [4.78, 5) is 24.8. The Morgan fingerprint density at radius 3 is 2.41 bits per heavy atom. The SMILES string of the molecule is COCCn1nc(CNC(=O)COc2ccc(OC)cc2)c2ccccc2c1=O. The summed E-state index contributed by atoms with van der Waals surface area (Å²) in [5.41, 5.74) is 0.421. The maximum absolute atomic E-state index is 12.6. The molecule has 1 aromatic heterocycles. The molecular formula is C21H23N3O5. The number of ether oxygens (including phenoxy) is 3. The predicted octanol–water partition coefficient (Wildman–Crippen LogP) is 1.75. The molecule has 29 heavy (non-hydrogen) atoms. The lowest BCUT2D eigenvalue weighted by atomic mass is 10.1. The summed E-state index contributed by atoms with van der Waals surface area (Å²) in [5, 5.41) is 8.45. The van der Waals surface area contributed by atoms with Crippen molar-refractivity contribution in [2.24, 2.45) is 0 Å². The minimum atomic E-state index is -0.290. The van der Waals surface area contributed by atoms with Crippen molar-refractivity contribution in [3.8, 4) is 11.5 Å². The maximum Gasteiger partial charge on any atom is 0.274 e. The average Bonchev–Trinajstić information content (AvgIpc) is 2.77. The van der Waals surface area contributed by atoms with E-state index in [4.69, 9.17) is 14.2 Å². The Balaban J connectivity index is 1.68. The number of carbonyl (C=O) groups is 1. The Kier molecular flexibility index (Phi) is 6.80. The van der Waals surface area contributed by atoms with Crippen molar-refractivity contribution in [2.45, 2.75) is 13.1 Å². The summed E-state index contributed by atoms with van der Waals surface area (Å²) in [6.45, 7) is 0.751.